The van der Waals surface area contributed by atoms with Crippen molar-refractivity contribution in [1.29, 1.82) is 0 Å². The van der Waals surface area contributed by atoms with Gasteiger partial charge in [0.05, 0.1) is 25.5 Å². The Morgan fingerprint density at radius 2 is 1.54 bits per heavy atom. The van der Waals surface area contributed by atoms with Crippen molar-refractivity contribution in [2.45, 2.75) is 17.2 Å². The maximum atomic E-state index is 6.04. The summed E-state index contributed by atoms with van der Waals surface area (Å²) in [6, 6.07) is 0. The maximum absolute atomic E-state index is 6.04. The number of hydrogen-bond donors (Lipinski definition) is 0. The first-order valence-electron chi connectivity index (χ1n) is 3.24. The normalized spacial score (nSPS) is 35.8. The van der Waals surface area contributed by atoms with E-state index in [-0.39, 0.29) is 20.1 Å². The van der Waals surface area contributed by atoms with Crippen LogP contribution in [-0.2, 0) is 0 Å². The fourth-order valence-corrected chi connectivity index (χ4v) is 2.63. The summed E-state index contributed by atoms with van der Waals surface area (Å²) in [7, 11) is 0. The number of rotatable bonds is 0. The zero-order chi connectivity index (χ0) is 10.4. The summed E-state index contributed by atoms with van der Waals surface area (Å²) < 4.78 is 0. The molecule has 0 saturated carbocycles. The van der Waals surface area contributed by atoms with E-state index in [0.717, 1.165) is 0 Å². The van der Waals surface area contributed by atoms with Crippen LogP contribution in [0.2, 0.25) is 0 Å². The first-order valence-corrected chi connectivity index (χ1v) is 5.57. The lowest BCUT2D eigenvalue weighted by Crippen LogP contribution is -2.33. The van der Waals surface area contributed by atoms with Crippen LogP contribution >= 0.6 is 69.6 Å². The molecule has 0 N–H and O–H groups in total. The van der Waals surface area contributed by atoms with Gasteiger partial charge in [-0.05, 0) is 6.92 Å². The summed E-state index contributed by atoms with van der Waals surface area (Å²) in [6.07, 6.45) is 0. The summed E-state index contributed by atoms with van der Waals surface area (Å²) in [5.74, 6) is 0. The lowest BCUT2D eigenvalue weighted by molar-refractivity contribution is 0.762. The predicted molar refractivity (Wildman–Crippen MR) is 61.4 cm³/mol. The Balaban J connectivity index is 3.32. The summed E-state index contributed by atoms with van der Waals surface area (Å²) in [5, 5.41) is 0.0768. The number of alkyl halides is 2. The lowest BCUT2D eigenvalue weighted by Gasteiger charge is -2.31. The largest absolute Gasteiger partial charge is 0.114 e. The molecule has 0 fully saturated rings. The van der Waals surface area contributed by atoms with Crippen molar-refractivity contribution in [3.8, 4) is 0 Å². The van der Waals surface area contributed by atoms with Crippen LogP contribution in [0.5, 0.6) is 0 Å². The molecule has 6 heteroatoms. The van der Waals surface area contributed by atoms with Crippen LogP contribution in [0.4, 0.5) is 0 Å². The third kappa shape index (κ3) is 1.95. The topological polar surface area (TPSA) is 0 Å². The molecule has 0 aromatic heterocycles. The van der Waals surface area contributed by atoms with E-state index in [1.54, 1.807) is 6.92 Å². The van der Waals surface area contributed by atoms with Crippen molar-refractivity contribution in [2.24, 2.45) is 0 Å². The quantitative estimate of drug-likeness (QED) is 0.553. The second kappa shape index (κ2) is 4.00. The Morgan fingerprint density at radius 3 is 2.00 bits per heavy atom. The first-order chi connectivity index (χ1) is 5.80. The molecule has 2 unspecified atom stereocenters. The monoisotopic (exact) mass is 298 g/mol. The van der Waals surface area contributed by atoms with Gasteiger partial charge in [-0.3, -0.25) is 0 Å². The van der Waals surface area contributed by atoms with E-state index in [1.807, 2.05) is 0 Å². The number of allylic oxidation sites excluding steroid dienone is 4. The molecule has 0 bridgehead atoms. The second-order valence-electron chi connectivity index (χ2n) is 2.73. The van der Waals surface area contributed by atoms with Gasteiger partial charge in [-0.25, -0.2) is 0 Å². The molecule has 13 heavy (non-hydrogen) atoms. The highest BCUT2D eigenvalue weighted by Gasteiger charge is 2.42. The standard InChI is InChI=1S/C7H4Cl6/c1-7(13)5(11)3(9)2(8)4(10)6(7)12/h5H,1H3. The van der Waals surface area contributed by atoms with Gasteiger partial charge in [0.2, 0.25) is 0 Å². The smallest absolute Gasteiger partial charge is 0.100 e. The molecule has 74 valence electrons. The van der Waals surface area contributed by atoms with E-state index in [1.165, 1.54) is 0 Å². The van der Waals surface area contributed by atoms with E-state index in [9.17, 15) is 0 Å². The van der Waals surface area contributed by atoms with Gasteiger partial charge < -0.3 is 0 Å². The van der Waals surface area contributed by atoms with Crippen molar-refractivity contribution in [3.05, 3.63) is 20.1 Å². The summed E-state index contributed by atoms with van der Waals surface area (Å²) in [5.41, 5.74) is 0. The van der Waals surface area contributed by atoms with Crippen LogP contribution in [0.25, 0.3) is 0 Å². The van der Waals surface area contributed by atoms with E-state index in [4.69, 9.17) is 69.6 Å². The average Bonchev–Trinajstić information content (AvgIpc) is 2.09. The van der Waals surface area contributed by atoms with Crippen molar-refractivity contribution in [3.63, 3.8) is 0 Å². The fourth-order valence-electron chi connectivity index (χ4n) is 0.876. The van der Waals surface area contributed by atoms with Gasteiger partial charge in [-0.15, -0.1) is 23.2 Å². The van der Waals surface area contributed by atoms with Gasteiger partial charge in [-0.1, -0.05) is 46.4 Å². The maximum Gasteiger partial charge on any atom is 0.100 e. The zero-order valence-corrected chi connectivity index (χ0v) is 10.9. The highest BCUT2D eigenvalue weighted by molar-refractivity contribution is 6.56. The van der Waals surface area contributed by atoms with Crippen molar-refractivity contribution >= 4 is 69.6 Å². The third-order valence-corrected chi connectivity index (χ3v) is 5.15. The van der Waals surface area contributed by atoms with Gasteiger partial charge in [0.25, 0.3) is 0 Å². The van der Waals surface area contributed by atoms with Gasteiger partial charge in [0.1, 0.15) is 4.87 Å². The Labute approximate surface area is 106 Å². The van der Waals surface area contributed by atoms with Crippen LogP contribution in [-0.4, -0.2) is 10.3 Å². The van der Waals surface area contributed by atoms with Crippen molar-refractivity contribution < 1.29 is 0 Å². The molecular weight excluding hydrogens is 297 g/mol. The highest BCUT2D eigenvalue weighted by atomic mass is 35.5. The molecule has 1 aliphatic carbocycles. The minimum absolute atomic E-state index is 0.155. The van der Waals surface area contributed by atoms with E-state index in [2.05, 4.69) is 0 Å². The molecular formula is C7H4Cl6. The first kappa shape index (κ1) is 12.3. The van der Waals surface area contributed by atoms with Gasteiger partial charge in [0.15, 0.2) is 0 Å². The van der Waals surface area contributed by atoms with E-state index < -0.39 is 10.3 Å². The minimum atomic E-state index is -1.00. The van der Waals surface area contributed by atoms with Gasteiger partial charge in [0, 0.05) is 0 Å². The van der Waals surface area contributed by atoms with Gasteiger partial charge >= 0.3 is 0 Å². The molecule has 0 aromatic carbocycles. The molecule has 0 aliphatic heterocycles. The molecule has 0 aromatic rings. The molecule has 0 radical (unpaired) electrons. The molecule has 0 saturated heterocycles. The number of halogens is 6. The molecule has 0 heterocycles. The molecule has 0 nitrogen and oxygen atoms in total. The summed E-state index contributed by atoms with van der Waals surface area (Å²) in [4.78, 5) is -1.00. The predicted octanol–water partition coefficient (Wildman–Crippen LogP) is 4.98. The Kier molecular flexibility index (Phi) is 3.78. The fraction of sp³-hybridized carbons (Fsp3) is 0.429. The Hall–Kier alpha value is 1.22. The SMILES string of the molecule is CC1(Cl)C(Cl)=C(Cl)C(Cl)=C(Cl)C1Cl. The summed E-state index contributed by atoms with van der Waals surface area (Å²) >= 11 is 35.2. The lowest BCUT2D eigenvalue weighted by atomic mass is 10.0. The molecule has 0 amide bonds. The Bertz CT molecular complexity index is 300. The summed E-state index contributed by atoms with van der Waals surface area (Å²) in [6.45, 7) is 1.63. The Morgan fingerprint density at radius 1 is 1.08 bits per heavy atom. The van der Waals surface area contributed by atoms with Crippen LogP contribution in [0, 0.1) is 0 Å². The van der Waals surface area contributed by atoms with Gasteiger partial charge in [-0.2, -0.15) is 0 Å². The highest BCUT2D eigenvalue weighted by Crippen LogP contribution is 2.49. The minimum Gasteiger partial charge on any atom is -0.114 e. The zero-order valence-electron chi connectivity index (χ0n) is 6.35. The van der Waals surface area contributed by atoms with Crippen LogP contribution < -0.4 is 0 Å². The van der Waals surface area contributed by atoms with Crippen LogP contribution in [0.15, 0.2) is 20.1 Å². The van der Waals surface area contributed by atoms with Crippen molar-refractivity contribution in [2.75, 3.05) is 0 Å². The molecule has 2 atom stereocenters. The number of hydrogen-bond acceptors (Lipinski definition) is 0. The van der Waals surface area contributed by atoms with Crippen molar-refractivity contribution in [1.82, 2.24) is 0 Å². The van der Waals surface area contributed by atoms with Crippen LogP contribution in [0.3, 0.4) is 0 Å². The van der Waals surface area contributed by atoms with E-state index in [0.29, 0.717) is 0 Å². The molecule has 1 aliphatic rings. The van der Waals surface area contributed by atoms with Crippen LogP contribution in [0.1, 0.15) is 6.92 Å². The third-order valence-electron chi connectivity index (χ3n) is 1.72. The molecule has 0 spiro atoms. The second-order valence-corrected chi connectivity index (χ2v) is 5.49. The molecule has 1 rings (SSSR count). The average molecular weight is 301 g/mol. The van der Waals surface area contributed by atoms with E-state index >= 15 is 0 Å².